The Morgan fingerprint density at radius 1 is 1.35 bits per heavy atom. The Morgan fingerprint density at radius 3 is 2.55 bits per heavy atom. The molecule has 106 valence electrons. The van der Waals surface area contributed by atoms with Crippen LogP contribution in [-0.4, -0.2) is 20.3 Å². The molecule has 0 spiro atoms. The number of hydrogen-bond donors (Lipinski definition) is 2. The van der Waals surface area contributed by atoms with E-state index in [1.54, 1.807) is 36.0 Å². The van der Waals surface area contributed by atoms with Gasteiger partial charge in [0.1, 0.15) is 11.4 Å². The number of aromatic amines is 1. The van der Waals surface area contributed by atoms with Gasteiger partial charge >= 0.3 is 0 Å². The molecule has 1 aromatic carbocycles. The Bertz CT molecular complexity index is 653. The zero-order valence-corrected chi connectivity index (χ0v) is 12.8. The van der Waals surface area contributed by atoms with Crippen LogP contribution in [0, 0.1) is 0 Å². The molecule has 1 heterocycles. The first-order valence-electron chi connectivity index (χ1n) is 6.17. The fourth-order valence-electron chi connectivity index (χ4n) is 1.70. The highest BCUT2D eigenvalue weighted by atomic mass is 35.5. The first-order valence-corrected chi connectivity index (χ1v) is 7.59. The van der Waals surface area contributed by atoms with E-state index < -0.39 is 0 Å². The van der Waals surface area contributed by atoms with Crippen LogP contribution in [0.1, 0.15) is 19.7 Å². The largest absolute Gasteiger partial charge is 0.493 e. The van der Waals surface area contributed by atoms with E-state index in [0.29, 0.717) is 27.4 Å². The third-order valence-electron chi connectivity index (χ3n) is 2.64. The van der Waals surface area contributed by atoms with E-state index in [4.69, 9.17) is 11.6 Å². The van der Waals surface area contributed by atoms with Crippen molar-refractivity contribution in [3.63, 3.8) is 0 Å². The minimum absolute atomic E-state index is 0.167. The molecule has 0 aliphatic heterocycles. The number of H-pyrrole nitrogens is 1. The molecular formula is C14H15ClN2O2S. The van der Waals surface area contributed by atoms with E-state index in [2.05, 4.69) is 23.8 Å². The number of aromatic hydroxyl groups is 1. The maximum Gasteiger partial charge on any atom is 0.262 e. The van der Waals surface area contributed by atoms with Crippen LogP contribution in [0.2, 0.25) is 5.02 Å². The normalized spacial score (nSPS) is 11.0. The highest BCUT2D eigenvalue weighted by Crippen LogP contribution is 2.25. The molecule has 2 rings (SSSR count). The maximum atomic E-state index is 12.1. The summed E-state index contributed by atoms with van der Waals surface area (Å²) in [5.41, 5.74) is 0.405. The van der Waals surface area contributed by atoms with Gasteiger partial charge in [-0.15, -0.1) is 0 Å². The number of thioether (sulfide) groups is 1. The third-order valence-corrected chi connectivity index (χ3v) is 3.99. The lowest BCUT2D eigenvalue weighted by molar-refractivity contribution is 0.451. The number of aromatic nitrogens is 2. The fraction of sp³-hybridized carbons (Fsp3) is 0.286. The van der Waals surface area contributed by atoms with Crippen LogP contribution in [0.15, 0.2) is 29.1 Å². The Labute approximate surface area is 126 Å². The number of benzene rings is 1. The lowest BCUT2D eigenvalue weighted by Crippen LogP contribution is -2.13. The summed E-state index contributed by atoms with van der Waals surface area (Å²) in [6.45, 7) is 4.12. The van der Waals surface area contributed by atoms with Crippen molar-refractivity contribution in [2.45, 2.75) is 24.9 Å². The molecule has 0 unspecified atom stereocenters. The number of rotatable bonds is 4. The summed E-state index contributed by atoms with van der Waals surface area (Å²) in [6.07, 6.45) is 0. The predicted molar refractivity (Wildman–Crippen MR) is 83.4 cm³/mol. The molecular weight excluding hydrogens is 296 g/mol. The van der Waals surface area contributed by atoms with Crippen LogP contribution >= 0.6 is 23.4 Å². The van der Waals surface area contributed by atoms with Crippen molar-refractivity contribution >= 4 is 23.4 Å². The molecule has 2 aromatic rings. The SMILES string of the molecule is CC(C)SCc1nc(O)c(-c2ccc(Cl)cc2)c(=O)[nH]1. The van der Waals surface area contributed by atoms with Gasteiger partial charge in [-0.1, -0.05) is 37.6 Å². The average molecular weight is 311 g/mol. The van der Waals surface area contributed by atoms with Gasteiger partial charge in [-0.3, -0.25) is 4.79 Å². The molecule has 0 aliphatic rings. The van der Waals surface area contributed by atoms with Gasteiger partial charge in [-0.25, -0.2) is 0 Å². The van der Waals surface area contributed by atoms with Crippen molar-refractivity contribution in [3.8, 4) is 17.0 Å². The van der Waals surface area contributed by atoms with E-state index in [9.17, 15) is 9.90 Å². The van der Waals surface area contributed by atoms with Crippen LogP contribution < -0.4 is 5.56 Å². The van der Waals surface area contributed by atoms with Crippen molar-refractivity contribution in [2.75, 3.05) is 0 Å². The van der Waals surface area contributed by atoms with Crippen LogP contribution in [-0.2, 0) is 5.75 Å². The average Bonchev–Trinajstić information content (AvgIpc) is 2.38. The van der Waals surface area contributed by atoms with Crippen molar-refractivity contribution in [1.82, 2.24) is 9.97 Å². The third kappa shape index (κ3) is 3.55. The van der Waals surface area contributed by atoms with Crippen molar-refractivity contribution in [3.05, 3.63) is 45.5 Å². The second-order valence-corrected chi connectivity index (χ2v) is 6.58. The lowest BCUT2D eigenvalue weighted by atomic mass is 10.1. The van der Waals surface area contributed by atoms with Gasteiger partial charge in [0.2, 0.25) is 5.88 Å². The summed E-state index contributed by atoms with van der Waals surface area (Å²) >= 11 is 7.45. The van der Waals surface area contributed by atoms with Crippen molar-refractivity contribution in [1.29, 1.82) is 0 Å². The number of nitrogens with one attached hydrogen (secondary N) is 1. The molecule has 0 atom stereocenters. The van der Waals surface area contributed by atoms with Crippen LogP contribution in [0.25, 0.3) is 11.1 Å². The smallest absolute Gasteiger partial charge is 0.262 e. The molecule has 20 heavy (non-hydrogen) atoms. The summed E-state index contributed by atoms with van der Waals surface area (Å²) in [6, 6.07) is 6.68. The molecule has 0 fully saturated rings. The highest BCUT2D eigenvalue weighted by molar-refractivity contribution is 7.99. The van der Waals surface area contributed by atoms with Crippen LogP contribution in [0.5, 0.6) is 5.88 Å². The van der Waals surface area contributed by atoms with Gasteiger partial charge in [0.25, 0.3) is 5.56 Å². The Morgan fingerprint density at radius 2 is 2.00 bits per heavy atom. The number of hydrogen-bond acceptors (Lipinski definition) is 4. The van der Waals surface area contributed by atoms with Gasteiger partial charge < -0.3 is 10.1 Å². The monoisotopic (exact) mass is 310 g/mol. The molecule has 2 N–H and O–H groups in total. The van der Waals surface area contributed by atoms with Crippen LogP contribution in [0.3, 0.4) is 0 Å². The minimum atomic E-state index is -0.348. The molecule has 0 aliphatic carbocycles. The van der Waals surface area contributed by atoms with Gasteiger partial charge in [0, 0.05) is 5.02 Å². The first-order chi connectivity index (χ1) is 9.47. The van der Waals surface area contributed by atoms with E-state index in [0.717, 1.165) is 0 Å². The summed E-state index contributed by atoms with van der Waals surface area (Å²) < 4.78 is 0. The van der Waals surface area contributed by atoms with Gasteiger partial charge in [-0.05, 0) is 22.9 Å². The first kappa shape index (κ1) is 14.9. The van der Waals surface area contributed by atoms with Gasteiger partial charge in [0.15, 0.2) is 0 Å². The van der Waals surface area contributed by atoms with Crippen molar-refractivity contribution in [2.24, 2.45) is 0 Å². The highest BCUT2D eigenvalue weighted by Gasteiger charge is 2.13. The Kier molecular flexibility index (Phi) is 4.73. The van der Waals surface area contributed by atoms with Crippen molar-refractivity contribution < 1.29 is 5.11 Å². The summed E-state index contributed by atoms with van der Waals surface area (Å²) in [5.74, 6) is 0.779. The second-order valence-electron chi connectivity index (χ2n) is 4.58. The molecule has 0 saturated carbocycles. The van der Waals surface area contributed by atoms with Crippen LogP contribution in [0.4, 0.5) is 0 Å². The molecule has 0 radical (unpaired) electrons. The molecule has 4 nitrogen and oxygen atoms in total. The predicted octanol–water partition coefficient (Wildman–Crippen LogP) is 3.44. The van der Waals surface area contributed by atoms with E-state index in [-0.39, 0.29) is 17.0 Å². The quantitative estimate of drug-likeness (QED) is 0.908. The maximum absolute atomic E-state index is 12.1. The summed E-state index contributed by atoms with van der Waals surface area (Å²) in [4.78, 5) is 18.8. The molecule has 6 heteroatoms. The van der Waals surface area contributed by atoms with Gasteiger partial charge in [0.05, 0.1) is 5.75 Å². The lowest BCUT2D eigenvalue weighted by Gasteiger charge is -2.07. The molecule has 0 bridgehead atoms. The Hall–Kier alpha value is -1.46. The van der Waals surface area contributed by atoms with E-state index >= 15 is 0 Å². The standard InChI is InChI=1S/C14H15ClN2O2S/c1-8(2)20-7-11-16-13(18)12(14(19)17-11)9-3-5-10(15)6-4-9/h3-6,8H,7H2,1-2H3,(H2,16,17,18,19). The summed E-state index contributed by atoms with van der Waals surface area (Å²) in [7, 11) is 0. The second kappa shape index (κ2) is 6.33. The fourth-order valence-corrected chi connectivity index (χ4v) is 2.45. The van der Waals surface area contributed by atoms with Gasteiger partial charge in [-0.2, -0.15) is 16.7 Å². The molecule has 0 saturated heterocycles. The van der Waals surface area contributed by atoms with E-state index in [1.807, 2.05) is 0 Å². The zero-order chi connectivity index (χ0) is 14.7. The topological polar surface area (TPSA) is 66.0 Å². The number of nitrogens with zero attached hydrogens (tertiary/aromatic N) is 1. The molecule has 1 aromatic heterocycles. The Balaban J connectivity index is 2.36. The minimum Gasteiger partial charge on any atom is -0.493 e. The number of halogens is 1. The van der Waals surface area contributed by atoms with E-state index in [1.165, 1.54) is 0 Å². The zero-order valence-electron chi connectivity index (χ0n) is 11.2. The molecule has 0 amide bonds. The summed E-state index contributed by atoms with van der Waals surface area (Å²) in [5, 5.41) is 11.0.